The van der Waals surface area contributed by atoms with Crippen LogP contribution in [0.1, 0.15) is 71.5 Å². The Hall–Kier alpha value is -2.60. The van der Waals surface area contributed by atoms with Gasteiger partial charge in [0.05, 0.1) is 5.56 Å². The number of aromatic nitrogens is 1. The van der Waals surface area contributed by atoms with Gasteiger partial charge in [-0.15, -0.1) is 0 Å². The molecule has 166 valence electrons. The van der Waals surface area contributed by atoms with Crippen molar-refractivity contribution in [2.75, 3.05) is 25.5 Å². The molecule has 3 N–H and O–H groups in total. The number of benzene rings is 1. The molecule has 0 bridgehead atoms. The maximum Gasteiger partial charge on any atom is 0.250 e. The van der Waals surface area contributed by atoms with Gasteiger partial charge in [0, 0.05) is 47.8 Å². The second-order valence-corrected chi connectivity index (χ2v) is 10.0. The quantitative estimate of drug-likeness (QED) is 0.739. The van der Waals surface area contributed by atoms with Crippen molar-refractivity contribution in [3.63, 3.8) is 0 Å². The maximum absolute atomic E-state index is 12.8. The highest BCUT2D eigenvalue weighted by Crippen LogP contribution is 2.38. The van der Waals surface area contributed by atoms with Gasteiger partial charge < -0.3 is 20.5 Å². The SMILES string of the molecule is Cc1cn(-c2ccc(C(N)=O)c(NCCC3CCCN3C)c2)c2c1C(=O)CC(C)(C)C2. The number of Topliss-reactive ketones (excluding diaryl/α,β-unsaturated/α-hetero) is 1. The highest BCUT2D eigenvalue weighted by atomic mass is 16.1. The Bertz CT molecular complexity index is 1020. The van der Waals surface area contributed by atoms with Crippen LogP contribution < -0.4 is 11.1 Å². The molecule has 1 unspecified atom stereocenters. The Morgan fingerprint density at radius 1 is 1.29 bits per heavy atom. The number of fused-ring (bicyclic) bond motifs is 1. The molecular formula is C25H34N4O2. The fourth-order valence-electron chi connectivity index (χ4n) is 5.27. The molecule has 1 aromatic carbocycles. The van der Waals surface area contributed by atoms with E-state index in [1.165, 1.54) is 12.8 Å². The zero-order chi connectivity index (χ0) is 22.3. The van der Waals surface area contributed by atoms with E-state index in [4.69, 9.17) is 5.73 Å². The van der Waals surface area contributed by atoms with Crippen LogP contribution in [-0.4, -0.2) is 47.3 Å². The van der Waals surface area contributed by atoms with E-state index in [0.717, 1.165) is 54.1 Å². The van der Waals surface area contributed by atoms with Gasteiger partial charge in [-0.25, -0.2) is 0 Å². The number of anilines is 1. The van der Waals surface area contributed by atoms with Crippen molar-refractivity contribution in [1.29, 1.82) is 0 Å². The maximum atomic E-state index is 12.8. The molecule has 1 saturated heterocycles. The molecule has 6 heteroatoms. The number of aryl methyl sites for hydroxylation is 1. The summed E-state index contributed by atoms with van der Waals surface area (Å²) >= 11 is 0. The number of nitrogens with zero attached hydrogens (tertiary/aromatic N) is 2. The zero-order valence-electron chi connectivity index (χ0n) is 19.1. The lowest BCUT2D eigenvalue weighted by atomic mass is 9.75. The number of nitrogens with one attached hydrogen (secondary N) is 1. The Morgan fingerprint density at radius 2 is 2.06 bits per heavy atom. The summed E-state index contributed by atoms with van der Waals surface area (Å²) in [7, 11) is 2.17. The second kappa shape index (κ2) is 8.15. The molecule has 2 aliphatic rings. The molecule has 0 radical (unpaired) electrons. The number of likely N-dealkylation sites (tertiary alicyclic amines) is 1. The van der Waals surface area contributed by atoms with Crippen LogP contribution in [0.4, 0.5) is 5.69 Å². The topological polar surface area (TPSA) is 80.4 Å². The van der Waals surface area contributed by atoms with Gasteiger partial charge in [0.1, 0.15) is 0 Å². The number of nitrogens with two attached hydrogens (primary N) is 1. The average molecular weight is 423 g/mol. The van der Waals surface area contributed by atoms with E-state index in [1.807, 2.05) is 25.3 Å². The van der Waals surface area contributed by atoms with Gasteiger partial charge in [-0.3, -0.25) is 9.59 Å². The summed E-state index contributed by atoms with van der Waals surface area (Å²) in [5, 5.41) is 3.46. The van der Waals surface area contributed by atoms with Crippen molar-refractivity contribution >= 4 is 17.4 Å². The van der Waals surface area contributed by atoms with Crippen LogP contribution >= 0.6 is 0 Å². The smallest absolute Gasteiger partial charge is 0.250 e. The molecule has 1 amide bonds. The Morgan fingerprint density at radius 3 is 2.74 bits per heavy atom. The number of carbonyl (C=O) groups is 2. The first kappa shape index (κ1) is 21.6. The molecule has 2 aromatic rings. The van der Waals surface area contributed by atoms with Crippen molar-refractivity contribution in [1.82, 2.24) is 9.47 Å². The van der Waals surface area contributed by atoms with E-state index < -0.39 is 5.91 Å². The first-order valence-corrected chi connectivity index (χ1v) is 11.3. The minimum absolute atomic E-state index is 0.0613. The van der Waals surface area contributed by atoms with Crippen LogP contribution in [0.5, 0.6) is 0 Å². The lowest BCUT2D eigenvalue weighted by molar-refractivity contribution is 0.0909. The van der Waals surface area contributed by atoms with E-state index in [2.05, 4.69) is 35.7 Å². The number of ketones is 1. The third kappa shape index (κ3) is 4.26. The van der Waals surface area contributed by atoms with E-state index in [0.29, 0.717) is 18.0 Å². The summed E-state index contributed by atoms with van der Waals surface area (Å²) in [6, 6.07) is 6.28. The third-order valence-electron chi connectivity index (χ3n) is 6.87. The van der Waals surface area contributed by atoms with Gasteiger partial charge in [-0.1, -0.05) is 13.8 Å². The van der Waals surface area contributed by atoms with Crippen molar-refractivity contribution < 1.29 is 9.59 Å². The summed E-state index contributed by atoms with van der Waals surface area (Å²) in [6.07, 6.45) is 6.96. The second-order valence-electron chi connectivity index (χ2n) is 10.0. The predicted octanol–water partition coefficient (Wildman–Crippen LogP) is 3.94. The van der Waals surface area contributed by atoms with Gasteiger partial charge >= 0.3 is 0 Å². The van der Waals surface area contributed by atoms with Crippen molar-refractivity contribution in [2.45, 2.75) is 58.9 Å². The normalized spacial score (nSPS) is 20.6. The Kier molecular flexibility index (Phi) is 5.69. The Labute approximate surface area is 184 Å². The molecule has 6 nitrogen and oxygen atoms in total. The molecule has 31 heavy (non-hydrogen) atoms. The lowest BCUT2D eigenvalue weighted by Gasteiger charge is -2.30. The fourth-order valence-corrected chi connectivity index (χ4v) is 5.27. The molecule has 2 heterocycles. The number of carbonyl (C=O) groups excluding carboxylic acids is 2. The highest BCUT2D eigenvalue weighted by Gasteiger charge is 2.34. The predicted molar refractivity (Wildman–Crippen MR) is 124 cm³/mol. The lowest BCUT2D eigenvalue weighted by Crippen LogP contribution is -2.28. The van der Waals surface area contributed by atoms with Crippen molar-refractivity contribution in [3.05, 3.63) is 46.8 Å². The first-order valence-electron chi connectivity index (χ1n) is 11.3. The standard InChI is InChI=1S/C25H34N4O2/c1-16-15-29(21-13-25(2,3)14-22(30)23(16)21)18-7-8-19(24(26)31)20(12-18)27-10-9-17-6-5-11-28(17)4/h7-8,12,15,17,27H,5-6,9-11,13-14H2,1-4H3,(H2,26,31). The van der Waals surface area contributed by atoms with Gasteiger partial charge in [0.2, 0.25) is 0 Å². The molecule has 4 rings (SSSR count). The number of hydrogen-bond donors (Lipinski definition) is 2. The summed E-state index contributed by atoms with van der Waals surface area (Å²) < 4.78 is 2.12. The van der Waals surface area contributed by atoms with Crippen molar-refractivity contribution in [2.24, 2.45) is 11.1 Å². The van der Waals surface area contributed by atoms with E-state index in [1.54, 1.807) is 6.07 Å². The van der Waals surface area contributed by atoms with Crippen LogP contribution in [0, 0.1) is 12.3 Å². The van der Waals surface area contributed by atoms with Gasteiger partial charge in [0.15, 0.2) is 5.78 Å². The summed E-state index contributed by atoms with van der Waals surface area (Å²) in [6.45, 7) is 8.22. The number of amides is 1. The van der Waals surface area contributed by atoms with Crippen LogP contribution in [0.15, 0.2) is 24.4 Å². The van der Waals surface area contributed by atoms with E-state index in [9.17, 15) is 9.59 Å². The van der Waals surface area contributed by atoms with Gasteiger partial charge in [0.25, 0.3) is 5.91 Å². The summed E-state index contributed by atoms with van der Waals surface area (Å²) in [5.41, 5.74) is 10.7. The van der Waals surface area contributed by atoms with Gasteiger partial charge in [-0.05, 0) is 75.4 Å². The minimum atomic E-state index is -0.436. The molecule has 0 saturated carbocycles. The molecular weight excluding hydrogens is 388 g/mol. The first-order chi connectivity index (χ1) is 14.7. The Balaban J connectivity index is 1.64. The number of rotatable bonds is 6. The molecule has 1 aliphatic carbocycles. The molecule has 0 spiro atoms. The third-order valence-corrected chi connectivity index (χ3v) is 6.87. The largest absolute Gasteiger partial charge is 0.384 e. The van der Waals surface area contributed by atoms with E-state index in [-0.39, 0.29) is 11.2 Å². The molecule has 1 aromatic heterocycles. The van der Waals surface area contributed by atoms with Crippen LogP contribution in [0.3, 0.4) is 0 Å². The van der Waals surface area contributed by atoms with E-state index >= 15 is 0 Å². The average Bonchev–Trinajstić information content (AvgIpc) is 3.23. The molecule has 1 fully saturated rings. The monoisotopic (exact) mass is 422 g/mol. The number of primary amides is 1. The number of hydrogen-bond acceptors (Lipinski definition) is 4. The molecule has 1 aliphatic heterocycles. The zero-order valence-corrected chi connectivity index (χ0v) is 19.1. The molecule has 1 atom stereocenters. The highest BCUT2D eigenvalue weighted by molar-refractivity contribution is 6.01. The summed E-state index contributed by atoms with van der Waals surface area (Å²) in [5.74, 6) is -0.218. The van der Waals surface area contributed by atoms with Crippen LogP contribution in [0.2, 0.25) is 0 Å². The summed E-state index contributed by atoms with van der Waals surface area (Å²) in [4.78, 5) is 27.2. The van der Waals surface area contributed by atoms with Gasteiger partial charge in [-0.2, -0.15) is 0 Å². The van der Waals surface area contributed by atoms with Crippen LogP contribution in [0.25, 0.3) is 5.69 Å². The minimum Gasteiger partial charge on any atom is -0.384 e. The van der Waals surface area contributed by atoms with Crippen molar-refractivity contribution in [3.8, 4) is 5.69 Å². The van der Waals surface area contributed by atoms with Crippen LogP contribution in [-0.2, 0) is 6.42 Å². The fraction of sp³-hybridized carbons (Fsp3) is 0.520.